The second-order valence-corrected chi connectivity index (χ2v) is 8.54. The summed E-state index contributed by atoms with van der Waals surface area (Å²) in [6, 6.07) is 6.85. The zero-order chi connectivity index (χ0) is 22.5. The van der Waals surface area contributed by atoms with Crippen LogP contribution in [0.5, 0.6) is 0 Å². The second kappa shape index (κ2) is 10.0. The standard InChI is InChI=1S/C22H31N5O4/c1-14(2)11-27-22(30)18-8-6-5-7-17(18)20(25-27)21(29)24-23-19(28)9-10-26-12-15(3)31-16(4)13-26/h5-8,14-16H,9-13H2,1-4H3,(H,23,28)(H,24,29)/t15-,16-/m1/s1. The van der Waals surface area contributed by atoms with Gasteiger partial charge in [-0.25, -0.2) is 4.68 Å². The van der Waals surface area contributed by atoms with E-state index in [1.54, 1.807) is 24.3 Å². The third-order valence-corrected chi connectivity index (χ3v) is 5.09. The Morgan fingerprint density at radius 1 is 1.13 bits per heavy atom. The first-order valence-corrected chi connectivity index (χ1v) is 10.7. The van der Waals surface area contributed by atoms with Gasteiger partial charge < -0.3 is 4.74 Å². The lowest BCUT2D eigenvalue weighted by molar-refractivity contribution is -0.123. The topological polar surface area (TPSA) is 106 Å². The molecule has 0 bridgehead atoms. The average molecular weight is 430 g/mol. The van der Waals surface area contributed by atoms with Gasteiger partial charge in [-0.05, 0) is 25.8 Å². The molecule has 2 N–H and O–H groups in total. The van der Waals surface area contributed by atoms with E-state index in [4.69, 9.17) is 4.74 Å². The summed E-state index contributed by atoms with van der Waals surface area (Å²) in [5.41, 5.74) is 4.76. The Morgan fingerprint density at radius 2 is 1.77 bits per heavy atom. The maximum absolute atomic E-state index is 12.8. The molecule has 0 unspecified atom stereocenters. The van der Waals surface area contributed by atoms with Gasteiger partial charge >= 0.3 is 0 Å². The molecule has 1 fully saturated rings. The van der Waals surface area contributed by atoms with Crippen molar-refractivity contribution in [2.45, 2.75) is 52.9 Å². The molecule has 0 aliphatic carbocycles. The van der Waals surface area contributed by atoms with Crippen molar-refractivity contribution < 1.29 is 14.3 Å². The summed E-state index contributed by atoms with van der Waals surface area (Å²) in [7, 11) is 0. The minimum Gasteiger partial charge on any atom is -0.373 e. The Kier molecular flexibility index (Phi) is 7.40. The van der Waals surface area contributed by atoms with Crippen molar-refractivity contribution in [3.63, 3.8) is 0 Å². The molecule has 168 valence electrons. The normalized spacial score (nSPS) is 19.5. The summed E-state index contributed by atoms with van der Waals surface area (Å²) in [6.07, 6.45) is 0.514. The van der Waals surface area contributed by atoms with Crippen LogP contribution in [0.3, 0.4) is 0 Å². The summed E-state index contributed by atoms with van der Waals surface area (Å²) >= 11 is 0. The number of nitrogens with one attached hydrogen (secondary N) is 2. The predicted octanol–water partition coefficient (Wildman–Crippen LogP) is 1.31. The number of benzene rings is 1. The number of rotatable bonds is 6. The van der Waals surface area contributed by atoms with Crippen LogP contribution >= 0.6 is 0 Å². The highest BCUT2D eigenvalue weighted by Gasteiger charge is 2.23. The van der Waals surface area contributed by atoms with Crippen molar-refractivity contribution in [1.29, 1.82) is 0 Å². The van der Waals surface area contributed by atoms with Crippen LogP contribution in [0, 0.1) is 5.92 Å². The minimum absolute atomic E-state index is 0.104. The van der Waals surface area contributed by atoms with Crippen molar-refractivity contribution in [2.24, 2.45) is 5.92 Å². The van der Waals surface area contributed by atoms with Crippen molar-refractivity contribution in [3.05, 3.63) is 40.3 Å². The first-order valence-electron chi connectivity index (χ1n) is 10.7. The third-order valence-electron chi connectivity index (χ3n) is 5.09. The SMILES string of the molecule is CC(C)Cn1nc(C(=O)NNC(=O)CCN2C[C@@H](C)O[C@H](C)C2)c2ccccc2c1=O. The Morgan fingerprint density at radius 3 is 2.42 bits per heavy atom. The number of carbonyl (C=O) groups is 2. The van der Waals surface area contributed by atoms with Gasteiger partial charge in [-0.2, -0.15) is 5.10 Å². The van der Waals surface area contributed by atoms with Gasteiger partial charge in [0.15, 0.2) is 5.69 Å². The third kappa shape index (κ3) is 5.89. The summed E-state index contributed by atoms with van der Waals surface area (Å²) in [5.74, 6) is -0.664. The monoisotopic (exact) mass is 429 g/mol. The van der Waals surface area contributed by atoms with E-state index in [0.717, 1.165) is 13.1 Å². The molecule has 9 nitrogen and oxygen atoms in total. The van der Waals surface area contributed by atoms with E-state index in [1.807, 2.05) is 27.7 Å². The lowest BCUT2D eigenvalue weighted by Crippen LogP contribution is -2.48. The highest BCUT2D eigenvalue weighted by atomic mass is 16.5. The molecule has 2 aromatic rings. The molecule has 1 aliphatic rings. The highest BCUT2D eigenvalue weighted by molar-refractivity contribution is 6.05. The molecule has 1 aromatic heterocycles. The number of morpholine rings is 1. The van der Waals surface area contributed by atoms with Gasteiger partial charge in [0.2, 0.25) is 5.91 Å². The van der Waals surface area contributed by atoms with Crippen LogP contribution in [0.2, 0.25) is 0 Å². The van der Waals surface area contributed by atoms with Crippen molar-refractivity contribution in [3.8, 4) is 0 Å². The van der Waals surface area contributed by atoms with Crippen LogP contribution in [-0.4, -0.2) is 58.3 Å². The molecular formula is C22H31N5O4. The number of fused-ring (bicyclic) bond motifs is 1. The fourth-order valence-electron chi connectivity index (χ4n) is 3.85. The van der Waals surface area contributed by atoms with E-state index in [1.165, 1.54) is 4.68 Å². The zero-order valence-corrected chi connectivity index (χ0v) is 18.6. The number of hydrogen-bond donors (Lipinski definition) is 2. The summed E-state index contributed by atoms with van der Waals surface area (Å²) in [5, 5.41) is 5.15. The number of ether oxygens (including phenoxy) is 1. The molecule has 2 atom stereocenters. The van der Waals surface area contributed by atoms with Crippen LogP contribution in [0.15, 0.2) is 29.1 Å². The molecule has 2 heterocycles. The summed E-state index contributed by atoms with van der Waals surface area (Å²) in [4.78, 5) is 39.9. The molecule has 0 radical (unpaired) electrons. The van der Waals surface area contributed by atoms with Crippen molar-refractivity contribution in [1.82, 2.24) is 25.5 Å². The van der Waals surface area contributed by atoms with Crippen LogP contribution in [-0.2, 0) is 16.1 Å². The van der Waals surface area contributed by atoms with Gasteiger partial charge in [-0.1, -0.05) is 32.0 Å². The lowest BCUT2D eigenvalue weighted by atomic mass is 10.1. The van der Waals surface area contributed by atoms with Crippen LogP contribution < -0.4 is 16.4 Å². The first-order chi connectivity index (χ1) is 14.7. The van der Waals surface area contributed by atoms with Gasteiger partial charge in [0.25, 0.3) is 11.5 Å². The number of carbonyl (C=O) groups excluding carboxylic acids is 2. The second-order valence-electron chi connectivity index (χ2n) is 8.54. The molecule has 31 heavy (non-hydrogen) atoms. The highest BCUT2D eigenvalue weighted by Crippen LogP contribution is 2.14. The van der Waals surface area contributed by atoms with E-state index < -0.39 is 5.91 Å². The van der Waals surface area contributed by atoms with E-state index in [2.05, 4.69) is 20.9 Å². The molecule has 3 rings (SSSR count). The van der Waals surface area contributed by atoms with E-state index in [0.29, 0.717) is 23.9 Å². The maximum Gasteiger partial charge on any atom is 0.290 e. The number of amides is 2. The van der Waals surface area contributed by atoms with Gasteiger partial charge in [0, 0.05) is 38.0 Å². The number of hydrogen-bond acceptors (Lipinski definition) is 6. The molecular weight excluding hydrogens is 398 g/mol. The molecule has 1 aliphatic heterocycles. The Hall–Kier alpha value is -2.78. The van der Waals surface area contributed by atoms with Crippen LogP contribution in [0.25, 0.3) is 10.8 Å². The van der Waals surface area contributed by atoms with Gasteiger partial charge in [-0.3, -0.25) is 30.1 Å². The van der Waals surface area contributed by atoms with Crippen LogP contribution in [0.4, 0.5) is 0 Å². The fraction of sp³-hybridized carbons (Fsp3) is 0.545. The van der Waals surface area contributed by atoms with Gasteiger partial charge in [0.05, 0.1) is 17.6 Å². The largest absolute Gasteiger partial charge is 0.373 e. The van der Waals surface area contributed by atoms with Gasteiger partial charge in [-0.15, -0.1) is 0 Å². The van der Waals surface area contributed by atoms with E-state index >= 15 is 0 Å². The molecule has 9 heteroatoms. The molecule has 0 saturated carbocycles. The molecule has 1 aromatic carbocycles. The Labute approximate surface area is 181 Å². The smallest absolute Gasteiger partial charge is 0.290 e. The molecule has 1 saturated heterocycles. The summed E-state index contributed by atoms with van der Waals surface area (Å²) < 4.78 is 7.01. The molecule has 0 spiro atoms. The quantitative estimate of drug-likeness (QED) is 0.671. The van der Waals surface area contributed by atoms with E-state index in [-0.39, 0.29) is 41.7 Å². The van der Waals surface area contributed by atoms with Crippen LogP contribution in [0.1, 0.15) is 44.6 Å². The van der Waals surface area contributed by atoms with E-state index in [9.17, 15) is 14.4 Å². The first kappa shape index (κ1) is 22.9. The Bertz CT molecular complexity index is 993. The fourth-order valence-corrected chi connectivity index (χ4v) is 3.85. The zero-order valence-electron chi connectivity index (χ0n) is 18.6. The average Bonchev–Trinajstić information content (AvgIpc) is 2.71. The number of hydrazine groups is 1. The number of nitrogens with zero attached hydrogens (tertiary/aromatic N) is 3. The maximum atomic E-state index is 12.8. The lowest BCUT2D eigenvalue weighted by Gasteiger charge is -2.35. The Balaban J connectivity index is 1.65. The number of aromatic nitrogens is 2. The summed E-state index contributed by atoms with van der Waals surface area (Å²) in [6.45, 7) is 10.5. The van der Waals surface area contributed by atoms with Gasteiger partial charge in [0.1, 0.15) is 0 Å². The van der Waals surface area contributed by atoms with Crippen molar-refractivity contribution in [2.75, 3.05) is 19.6 Å². The van der Waals surface area contributed by atoms with Crippen molar-refractivity contribution >= 4 is 22.6 Å². The minimum atomic E-state index is -0.560. The predicted molar refractivity (Wildman–Crippen MR) is 118 cm³/mol. The molecule has 2 amide bonds.